The zero-order valence-electron chi connectivity index (χ0n) is 8.58. The molecule has 1 N–H and O–H groups in total. The van der Waals surface area contributed by atoms with Gasteiger partial charge in [0.05, 0.1) is 0 Å². The van der Waals surface area contributed by atoms with E-state index < -0.39 is 0 Å². The van der Waals surface area contributed by atoms with Crippen LogP contribution in [0.4, 0.5) is 0 Å². The summed E-state index contributed by atoms with van der Waals surface area (Å²) in [5.74, 6) is 2.39. The molecule has 0 aromatic rings. The summed E-state index contributed by atoms with van der Waals surface area (Å²) in [4.78, 5) is 2.58. The lowest BCUT2D eigenvalue weighted by Gasteiger charge is -2.30. The molecule has 0 amide bonds. The first kappa shape index (κ1) is 9.47. The Bertz CT molecular complexity index is 163. The highest BCUT2D eigenvalue weighted by atomic mass is 16.3. The Labute approximate surface area is 80.9 Å². The number of piperidine rings is 1. The van der Waals surface area contributed by atoms with Crippen molar-refractivity contribution in [2.45, 2.75) is 26.2 Å². The summed E-state index contributed by atoms with van der Waals surface area (Å²) < 4.78 is 0. The van der Waals surface area contributed by atoms with Gasteiger partial charge in [0.15, 0.2) is 0 Å². The second-order valence-electron chi connectivity index (χ2n) is 4.92. The first-order chi connectivity index (χ1) is 6.29. The van der Waals surface area contributed by atoms with Gasteiger partial charge in [0, 0.05) is 13.2 Å². The molecule has 1 heterocycles. The van der Waals surface area contributed by atoms with Gasteiger partial charge in [0.2, 0.25) is 0 Å². The van der Waals surface area contributed by atoms with Gasteiger partial charge in [-0.3, -0.25) is 0 Å². The molecule has 1 aliphatic carbocycles. The average Bonchev–Trinajstić information content (AvgIpc) is 2.88. The summed E-state index contributed by atoms with van der Waals surface area (Å²) in [6.07, 6.45) is 4.01. The van der Waals surface area contributed by atoms with Gasteiger partial charge in [-0.15, -0.1) is 0 Å². The van der Waals surface area contributed by atoms with Crippen LogP contribution in [0.25, 0.3) is 0 Å². The van der Waals surface area contributed by atoms with E-state index in [-0.39, 0.29) is 0 Å². The Morgan fingerprint density at radius 2 is 1.92 bits per heavy atom. The van der Waals surface area contributed by atoms with E-state index in [1.807, 2.05) is 0 Å². The van der Waals surface area contributed by atoms with E-state index in [2.05, 4.69) is 11.8 Å². The summed E-state index contributed by atoms with van der Waals surface area (Å²) >= 11 is 0. The van der Waals surface area contributed by atoms with Crippen LogP contribution in [0, 0.1) is 17.8 Å². The molecular weight excluding hydrogens is 162 g/mol. The molecule has 1 aliphatic heterocycles. The number of rotatable bonds is 3. The zero-order chi connectivity index (χ0) is 9.26. The lowest BCUT2D eigenvalue weighted by atomic mass is 9.99. The van der Waals surface area contributed by atoms with Crippen LogP contribution < -0.4 is 0 Å². The number of likely N-dealkylation sites (tertiary alicyclic amines) is 1. The summed E-state index contributed by atoms with van der Waals surface area (Å²) in [6.45, 7) is 6.59. The van der Waals surface area contributed by atoms with Crippen molar-refractivity contribution in [2.75, 3.05) is 26.2 Å². The van der Waals surface area contributed by atoms with Gasteiger partial charge in [0.1, 0.15) is 0 Å². The van der Waals surface area contributed by atoms with Gasteiger partial charge in [0.25, 0.3) is 0 Å². The van der Waals surface area contributed by atoms with Crippen molar-refractivity contribution in [3.63, 3.8) is 0 Å². The van der Waals surface area contributed by atoms with Gasteiger partial charge in [-0.1, -0.05) is 6.92 Å². The molecule has 1 saturated heterocycles. The highest BCUT2D eigenvalue weighted by molar-refractivity contribution is 4.88. The topological polar surface area (TPSA) is 23.5 Å². The number of aliphatic hydroxyl groups is 1. The van der Waals surface area contributed by atoms with E-state index in [9.17, 15) is 0 Å². The van der Waals surface area contributed by atoms with Crippen LogP contribution in [0.5, 0.6) is 0 Å². The van der Waals surface area contributed by atoms with Crippen LogP contribution in [-0.2, 0) is 0 Å². The Morgan fingerprint density at radius 3 is 2.46 bits per heavy atom. The third-order valence-corrected chi connectivity index (χ3v) is 3.67. The lowest BCUT2D eigenvalue weighted by molar-refractivity contribution is 0.177. The fourth-order valence-corrected chi connectivity index (χ4v) is 2.33. The fraction of sp³-hybridized carbons (Fsp3) is 1.00. The minimum atomic E-state index is 0.412. The molecule has 2 fully saturated rings. The van der Waals surface area contributed by atoms with E-state index in [0.29, 0.717) is 12.5 Å². The highest BCUT2D eigenvalue weighted by Crippen LogP contribution is 2.38. The van der Waals surface area contributed by atoms with Crippen LogP contribution in [-0.4, -0.2) is 36.2 Å². The maximum absolute atomic E-state index is 8.93. The predicted octanol–water partition coefficient (Wildman–Crippen LogP) is 1.35. The molecule has 0 aromatic heterocycles. The van der Waals surface area contributed by atoms with E-state index in [1.165, 1.54) is 38.9 Å². The predicted molar refractivity (Wildman–Crippen MR) is 53.5 cm³/mol. The number of hydrogen-bond acceptors (Lipinski definition) is 2. The van der Waals surface area contributed by atoms with Gasteiger partial charge in [-0.2, -0.15) is 0 Å². The standard InChI is InChI=1S/C11H21NO/c1-9-2-4-12(5-3-9)7-10-6-11(10)8-13/h9-11,13H,2-8H2,1H3. The van der Waals surface area contributed by atoms with Crippen LogP contribution in [0.15, 0.2) is 0 Å². The molecule has 1 saturated carbocycles. The SMILES string of the molecule is CC1CCN(CC2CC2CO)CC1. The molecule has 0 bridgehead atoms. The van der Waals surface area contributed by atoms with E-state index in [4.69, 9.17) is 5.11 Å². The first-order valence-electron chi connectivity index (χ1n) is 5.63. The van der Waals surface area contributed by atoms with Crippen molar-refractivity contribution in [3.8, 4) is 0 Å². The molecule has 2 atom stereocenters. The molecule has 0 radical (unpaired) electrons. The van der Waals surface area contributed by atoms with Crippen molar-refractivity contribution in [2.24, 2.45) is 17.8 Å². The van der Waals surface area contributed by atoms with Crippen LogP contribution >= 0.6 is 0 Å². The number of nitrogens with zero attached hydrogens (tertiary/aromatic N) is 1. The lowest BCUT2D eigenvalue weighted by Crippen LogP contribution is -2.34. The van der Waals surface area contributed by atoms with Crippen molar-refractivity contribution in [3.05, 3.63) is 0 Å². The Balaban J connectivity index is 1.66. The largest absolute Gasteiger partial charge is 0.396 e. The molecule has 2 rings (SSSR count). The van der Waals surface area contributed by atoms with Crippen molar-refractivity contribution < 1.29 is 5.11 Å². The molecular formula is C11H21NO. The van der Waals surface area contributed by atoms with E-state index in [1.54, 1.807) is 0 Å². The summed E-state index contributed by atoms with van der Waals surface area (Å²) in [7, 11) is 0. The van der Waals surface area contributed by atoms with Crippen molar-refractivity contribution >= 4 is 0 Å². The Morgan fingerprint density at radius 1 is 1.23 bits per heavy atom. The van der Waals surface area contributed by atoms with Gasteiger partial charge in [-0.05, 0) is 50.1 Å². The molecule has 0 spiro atoms. The first-order valence-corrected chi connectivity index (χ1v) is 5.63. The van der Waals surface area contributed by atoms with Gasteiger partial charge in [-0.25, -0.2) is 0 Å². The Kier molecular flexibility index (Phi) is 2.89. The number of hydrogen-bond donors (Lipinski definition) is 1. The average molecular weight is 183 g/mol. The molecule has 2 aliphatic rings. The molecule has 2 unspecified atom stereocenters. The normalized spacial score (nSPS) is 36.5. The fourth-order valence-electron chi connectivity index (χ4n) is 2.33. The maximum atomic E-state index is 8.93. The van der Waals surface area contributed by atoms with Crippen molar-refractivity contribution in [1.82, 2.24) is 4.90 Å². The quantitative estimate of drug-likeness (QED) is 0.714. The van der Waals surface area contributed by atoms with Crippen LogP contribution in [0.2, 0.25) is 0 Å². The molecule has 2 nitrogen and oxygen atoms in total. The Hall–Kier alpha value is -0.0800. The molecule has 76 valence electrons. The monoisotopic (exact) mass is 183 g/mol. The smallest absolute Gasteiger partial charge is 0.0462 e. The zero-order valence-corrected chi connectivity index (χ0v) is 8.58. The molecule has 13 heavy (non-hydrogen) atoms. The second kappa shape index (κ2) is 3.97. The minimum absolute atomic E-state index is 0.412. The second-order valence-corrected chi connectivity index (χ2v) is 4.92. The molecule has 0 aromatic carbocycles. The van der Waals surface area contributed by atoms with E-state index >= 15 is 0 Å². The van der Waals surface area contributed by atoms with Gasteiger partial charge >= 0.3 is 0 Å². The van der Waals surface area contributed by atoms with Crippen LogP contribution in [0.1, 0.15) is 26.2 Å². The minimum Gasteiger partial charge on any atom is -0.396 e. The third kappa shape index (κ3) is 2.44. The summed E-state index contributed by atoms with van der Waals surface area (Å²) in [5, 5.41) is 8.93. The van der Waals surface area contributed by atoms with Crippen LogP contribution in [0.3, 0.4) is 0 Å². The van der Waals surface area contributed by atoms with Gasteiger partial charge < -0.3 is 10.0 Å². The summed E-state index contributed by atoms with van der Waals surface area (Å²) in [5.41, 5.74) is 0. The van der Waals surface area contributed by atoms with Crippen molar-refractivity contribution in [1.29, 1.82) is 0 Å². The molecule has 2 heteroatoms. The summed E-state index contributed by atoms with van der Waals surface area (Å²) in [6, 6.07) is 0. The van der Waals surface area contributed by atoms with E-state index in [0.717, 1.165) is 11.8 Å². The maximum Gasteiger partial charge on any atom is 0.0462 e. The number of aliphatic hydroxyl groups excluding tert-OH is 1. The third-order valence-electron chi connectivity index (χ3n) is 3.67. The highest BCUT2D eigenvalue weighted by Gasteiger charge is 2.37.